The van der Waals surface area contributed by atoms with Gasteiger partial charge in [0.15, 0.2) is 10.6 Å². The first kappa shape index (κ1) is 23.8. The summed E-state index contributed by atoms with van der Waals surface area (Å²) in [6.45, 7) is 6.24. The van der Waals surface area contributed by atoms with Crippen LogP contribution in [0.1, 0.15) is 19.8 Å². The molecule has 8 nitrogen and oxygen atoms in total. The van der Waals surface area contributed by atoms with Gasteiger partial charge in [-0.2, -0.15) is 5.10 Å². The Labute approximate surface area is 205 Å². The predicted octanol–water partition coefficient (Wildman–Crippen LogP) is 4.14. The van der Waals surface area contributed by atoms with E-state index in [0.717, 1.165) is 54.6 Å². The van der Waals surface area contributed by atoms with E-state index in [9.17, 15) is 4.79 Å². The Morgan fingerprint density at radius 2 is 1.76 bits per heavy atom. The van der Waals surface area contributed by atoms with E-state index in [1.807, 2.05) is 52.8 Å². The van der Waals surface area contributed by atoms with Gasteiger partial charge in [-0.25, -0.2) is 0 Å². The number of ether oxygens (including phenoxy) is 2. The molecule has 0 saturated carbocycles. The predicted molar refractivity (Wildman–Crippen MR) is 135 cm³/mol. The Morgan fingerprint density at radius 1 is 1.03 bits per heavy atom. The van der Waals surface area contributed by atoms with E-state index in [-0.39, 0.29) is 5.91 Å². The van der Waals surface area contributed by atoms with Crippen molar-refractivity contribution in [1.82, 2.24) is 19.7 Å². The van der Waals surface area contributed by atoms with Gasteiger partial charge >= 0.3 is 0 Å². The summed E-state index contributed by atoms with van der Waals surface area (Å²) < 4.78 is 13.2. The zero-order valence-electron chi connectivity index (χ0n) is 19.7. The second-order valence-electron chi connectivity index (χ2n) is 8.13. The fraction of sp³-hybridized carbons (Fsp3) is 0.400. The summed E-state index contributed by atoms with van der Waals surface area (Å²) in [4.78, 5) is 17.3. The number of methoxy groups -OCH3 is 1. The van der Waals surface area contributed by atoms with Crippen LogP contribution in [0.15, 0.2) is 48.5 Å². The number of amides is 1. The highest BCUT2D eigenvalue weighted by atomic mass is 32.1. The number of hydrogen-bond acceptors (Lipinski definition) is 6. The highest BCUT2D eigenvalue weighted by Gasteiger charge is 2.20. The van der Waals surface area contributed by atoms with Gasteiger partial charge in [0.1, 0.15) is 11.5 Å². The first-order valence-electron chi connectivity index (χ1n) is 11.6. The second-order valence-corrected chi connectivity index (χ2v) is 8.52. The average Bonchev–Trinajstić information content (AvgIpc) is 3.06. The Kier molecular flexibility index (Phi) is 7.84. The van der Waals surface area contributed by atoms with E-state index in [1.165, 1.54) is 0 Å². The molecule has 1 amide bonds. The molecule has 2 heterocycles. The first-order valence-corrected chi connectivity index (χ1v) is 12.0. The number of anilines is 1. The molecule has 0 atom stereocenters. The van der Waals surface area contributed by atoms with Crippen LogP contribution in [0.4, 0.5) is 5.69 Å². The van der Waals surface area contributed by atoms with Crippen molar-refractivity contribution in [2.45, 2.75) is 26.3 Å². The van der Waals surface area contributed by atoms with Crippen molar-refractivity contribution in [2.24, 2.45) is 0 Å². The molecule has 1 aliphatic heterocycles. The monoisotopic (exact) mass is 481 g/mol. The summed E-state index contributed by atoms with van der Waals surface area (Å²) in [5, 5.41) is 7.25. The lowest BCUT2D eigenvalue weighted by Crippen LogP contribution is -2.35. The van der Waals surface area contributed by atoms with E-state index in [4.69, 9.17) is 21.7 Å². The van der Waals surface area contributed by atoms with Gasteiger partial charge in [0, 0.05) is 50.4 Å². The number of aromatic nitrogens is 3. The third-order valence-corrected chi connectivity index (χ3v) is 6.33. The number of aromatic amines is 1. The number of hydrogen-bond donors (Lipinski definition) is 1. The normalized spacial score (nSPS) is 14.1. The third kappa shape index (κ3) is 5.59. The van der Waals surface area contributed by atoms with Gasteiger partial charge in [0.05, 0.1) is 13.7 Å². The van der Waals surface area contributed by atoms with Crippen LogP contribution >= 0.6 is 12.2 Å². The van der Waals surface area contributed by atoms with Gasteiger partial charge in [-0.1, -0.05) is 0 Å². The van der Waals surface area contributed by atoms with Crippen molar-refractivity contribution >= 4 is 23.8 Å². The third-order valence-electron chi connectivity index (χ3n) is 6.02. The zero-order valence-corrected chi connectivity index (χ0v) is 20.5. The Hall–Kier alpha value is -3.33. The summed E-state index contributed by atoms with van der Waals surface area (Å²) in [6.07, 6.45) is 1.31. The number of rotatable bonds is 8. The molecule has 1 fully saturated rings. The van der Waals surface area contributed by atoms with Gasteiger partial charge in [0.25, 0.3) is 0 Å². The fourth-order valence-electron chi connectivity index (χ4n) is 4.20. The minimum atomic E-state index is 0.136. The van der Waals surface area contributed by atoms with E-state index < -0.39 is 0 Å². The number of benzene rings is 2. The van der Waals surface area contributed by atoms with E-state index in [0.29, 0.717) is 30.9 Å². The fourth-order valence-corrected chi connectivity index (χ4v) is 4.42. The first-order chi connectivity index (χ1) is 16.6. The smallest absolute Gasteiger partial charge is 0.224 e. The highest BCUT2D eigenvalue weighted by Crippen LogP contribution is 2.23. The zero-order chi connectivity index (χ0) is 23.9. The maximum atomic E-state index is 13.0. The van der Waals surface area contributed by atoms with E-state index >= 15 is 0 Å². The largest absolute Gasteiger partial charge is 0.497 e. The van der Waals surface area contributed by atoms with Crippen LogP contribution < -0.4 is 14.4 Å². The Morgan fingerprint density at radius 3 is 2.47 bits per heavy atom. The molecule has 0 radical (unpaired) electrons. The minimum Gasteiger partial charge on any atom is -0.497 e. The summed E-state index contributed by atoms with van der Waals surface area (Å²) in [6, 6.07) is 15.8. The topological polar surface area (TPSA) is 75.6 Å². The Bertz CT molecular complexity index is 1140. The number of H-pyrrole nitrogens is 1. The SMILES string of the molecule is CCOc1ccc(-c2n[nH]c(=S)n2CCC(=O)N2CCCN(c3ccc(OC)cc3)CC2)cc1. The summed E-state index contributed by atoms with van der Waals surface area (Å²) in [5.74, 6) is 2.52. The second kappa shape index (κ2) is 11.2. The number of carbonyl (C=O) groups is 1. The molecule has 0 aliphatic carbocycles. The molecule has 180 valence electrons. The van der Waals surface area contributed by atoms with Gasteiger partial charge in [-0.15, -0.1) is 0 Å². The van der Waals surface area contributed by atoms with Crippen LogP contribution in [0.25, 0.3) is 11.4 Å². The van der Waals surface area contributed by atoms with E-state index in [1.54, 1.807) is 7.11 Å². The van der Waals surface area contributed by atoms with Crippen LogP contribution in [-0.4, -0.2) is 65.5 Å². The van der Waals surface area contributed by atoms with Crippen LogP contribution in [-0.2, 0) is 11.3 Å². The van der Waals surface area contributed by atoms with Crippen LogP contribution in [0, 0.1) is 4.77 Å². The van der Waals surface area contributed by atoms with Crippen LogP contribution in [0.5, 0.6) is 11.5 Å². The van der Waals surface area contributed by atoms with Crippen LogP contribution in [0.3, 0.4) is 0 Å². The van der Waals surface area contributed by atoms with Crippen LogP contribution in [0.2, 0.25) is 0 Å². The number of carbonyl (C=O) groups excluding carboxylic acids is 1. The van der Waals surface area contributed by atoms with Crippen molar-refractivity contribution in [3.63, 3.8) is 0 Å². The summed E-state index contributed by atoms with van der Waals surface area (Å²) in [5.41, 5.74) is 2.08. The van der Waals surface area contributed by atoms with Crippen molar-refractivity contribution in [1.29, 1.82) is 0 Å². The number of nitrogens with one attached hydrogen (secondary N) is 1. The highest BCUT2D eigenvalue weighted by molar-refractivity contribution is 7.71. The maximum Gasteiger partial charge on any atom is 0.224 e. The molecule has 9 heteroatoms. The average molecular weight is 482 g/mol. The quantitative estimate of drug-likeness (QED) is 0.488. The molecule has 2 aromatic carbocycles. The van der Waals surface area contributed by atoms with Crippen molar-refractivity contribution in [3.8, 4) is 22.9 Å². The van der Waals surface area contributed by atoms with Gasteiger partial charge in [0.2, 0.25) is 5.91 Å². The molecule has 1 aliphatic rings. The van der Waals surface area contributed by atoms with Crippen molar-refractivity contribution in [3.05, 3.63) is 53.3 Å². The van der Waals surface area contributed by atoms with Gasteiger partial charge in [-0.3, -0.25) is 14.5 Å². The van der Waals surface area contributed by atoms with Crippen molar-refractivity contribution in [2.75, 3.05) is 44.8 Å². The van der Waals surface area contributed by atoms with Crippen molar-refractivity contribution < 1.29 is 14.3 Å². The number of nitrogens with zero attached hydrogens (tertiary/aromatic N) is 4. The minimum absolute atomic E-state index is 0.136. The standard InChI is InChI=1S/C25H31N5O3S/c1-3-33-22-9-5-19(6-10-22)24-26-27-25(34)30(24)16-13-23(31)29-15-4-14-28(17-18-29)20-7-11-21(32-2)12-8-20/h5-12H,3-4,13-18H2,1-2H3,(H,27,34). The molecule has 0 bridgehead atoms. The summed E-state index contributed by atoms with van der Waals surface area (Å²) in [7, 11) is 1.67. The lowest BCUT2D eigenvalue weighted by Gasteiger charge is -2.24. The molecule has 34 heavy (non-hydrogen) atoms. The molecule has 1 saturated heterocycles. The molecule has 0 spiro atoms. The Balaban J connectivity index is 1.36. The molecule has 1 N–H and O–H groups in total. The lowest BCUT2D eigenvalue weighted by molar-refractivity contribution is -0.131. The van der Waals surface area contributed by atoms with Gasteiger partial charge < -0.3 is 19.3 Å². The molecular weight excluding hydrogens is 450 g/mol. The maximum absolute atomic E-state index is 13.0. The summed E-state index contributed by atoms with van der Waals surface area (Å²) >= 11 is 5.44. The molecule has 1 aromatic heterocycles. The van der Waals surface area contributed by atoms with E-state index in [2.05, 4.69) is 27.2 Å². The lowest BCUT2D eigenvalue weighted by atomic mass is 10.2. The molecule has 0 unspecified atom stereocenters. The van der Waals surface area contributed by atoms with Gasteiger partial charge in [-0.05, 0) is 74.1 Å². The molecule has 4 rings (SSSR count). The molecule has 3 aromatic rings. The molecular formula is C25H31N5O3S.